The summed E-state index contributed by atoms with van der Waals surface area (Å²) in [6.45, 7) is 6.45. The number of aromatic nitrogens is 2. The minimum absolute atomic E-state index is 0.603. The molecule has 0 N–H and O–H groups in total. The van der Waals surface area contributed by atoms with Crippen molar-refractivity contribution in [3.8, 4) is 0 Å². The van der Waals surface area contributed by atoms with Crippen molar-refractivity contribution < 1.29 is 0 Å². The molecule has 0 bridgehead atoms. The van der Waals surface area contributed by atoms with Crippen LogP contribution in [0.3, 0.4) is 0 Å². The summed E-state index contributed by atoms with van der Waals surface area (Å²) in [4.78, 5) is 7.03. The average molecular weight is 283 g/mol. The predicted octanol–water partition coefficient (Wildman–Crippen LogP) is 3.71. The van der Waals surface area contributed by atoms with Gasteiger partial charge in [0.15, 0.2) is 0 Å². The summed E-state index contributed by atoms with van der Waals surface area (Å²) in [5.74, 6) is 1.76. The summed E-state index contributed by atoms with van der Waals surface area (Å²) >= 11 is 0. The first-order valence-electron chi connectivity index (χ1n) is 7.92. The average Bonchev–Trinajstić information content (AvgIpc) is 3.24. The van der Waals surface area contributed by atoms with Gasteiger partial charge in [-0.25, -0.2) is 4.98 Å². The number of rotatable bonds is 6. The molecule has 1 saturated carbocycles. The SMILES string of the molecule is CC(C)c1ccc(CN(Cc2nccn2C)C2CC2)cc1. The second-order valence-electron chi connectivity index (χ2n) is 6.49. The first kappa shape index (κ1) is 14.3. The molecular formula is C18H25N3. The molecule has 1 fully saturated rings. The van der Waals surface area contributed by atoms with Crippen LogP contribution in [0.15, 0.2) is 36.7 Å². The molecule has 1 aromatic heterocycles. The zero-order valence-electron chi connectivity index (χ0n) is 13.3. The van der Waals surface area contributed by atoms with Crippen molar-refractivity contribution in [1.29, 1.82) is 0 Å². The van der Waals surface area contributed by atoms with E-state index in [4.69, 9.17) is 0 Å². The molecule has 0 radical (unpaired) electrons. The van der Waals surface area contributed by atoms with Crippen molar-refractivity contribution in [3.05, 3.63) is 53.6 Å². The Balaban J connectivity index is 1.69. The van der Waals surface area contributed by atoms with Gasteiger partial charge in [-0.05, 0) is 29.9 Å². The lowest BCUT2D eigenvalue weighted by Crippen LogP contribution is -2.26. The predicted molar refractivity (Wildman–Crippen MR) is 86.0 cm³/mol. The smallest absolute Gasteiger partial charge is 0.122 e. The first-order chi connectivity index (χ1) is 10.1. The summed E-state index contributed by atoms with van der Waals surface area (Å²) in [6, 6.07) is 9.84. The van der Waals surface area contributed by atoms with Crippen LogP contribution in [-0.4, -0.2) is 20.5 Å². The van der Waals surface area contributed by atoms with Gasteiger partial charge in [0, 0.05) is 32.0 Å². The lowest BCUT2D eigenvalue weighted by atomic mass is 10.0. The molecule has 1 heterocycles. The number of nitrogens with zero attached hydrogens (tertiary/aromatic N) is 3. The summed E-state index contributed by atoms with van der Waals surface area (Å²) in [6.07, 6.45) is 6.57. The molecule has 1 aromatic carbocycles. The van der Waals surface area contributed by atoms with E-state index in [1.165, 1.54) is 24.0 Å². The van der Waals surface area contributed by atoms with Crippen LogP contribution in [0.5, 0.6) is 0 Å². The van der Waals surface area contributed by atoms with E-state index in [0.717, 1.165) is 25.0 Å². The van der Waals surface area contributed by atoms with Crippen molar-refractivity contribution in [3.63, 3.8) is 0 Å². The van der Waals surface area contributed by atoms with E-state index in [1.54, 1.807) is 0 Å². The van der Waals surface area contributed by atoms with Gasteiger partial charge < -0.3 is 4.57 Å². The van der Waals surface area contributed by atoms with Crippen LogP contribution >= 0.6 is 0 Å². The Hall–Kier alpha value is -1.61. The number of hydrogen-bond donors (Lipinski definition) is 0. The van der Waals surface area contributed by atoms with Gasteiger partial charge in [0.25, 0.3) is 0 Å². The third-order valence-electron chi connectivity index (χ3n) is 4.36. The summed E-state index contributed by atoms with van der Waals surface area (Å²) < 4.78 is 2.12. The third kappa shape index (κ3) is 3.53. The topological polar surface area (TPSA) is 21.1 Å². The highest BCUT2D eigenvalue weighted by molar-refractivity contribution is 5.24. The molecule has 0 amide bonds. The highest BCUT2D eigenvalue weighted by Gasteiger charge is 2.29. The molecule has 2 aromatic rings. The maximum Gasteiger partial charge on any atom is 0.122 e. The maximum absolute atomic E-state index is 4.47. The van der Waals surface area contributed by atoms with Crippen LogP contribution in [-0.2, 0) is 20.1 Å². The van der Waals surface area contributed by atoms with Gasteiger partial charge in [0.2, 0.25) is 0 Å². The first-order valence-corrected chi connectivity index (χ1v) is 7.92. The fourth-order valence-corrected chi connectivity index (χ4v) is 2.73. The van der Waals surface area contributed by atoms with Crippen LogP contribution in [0.1, 0.15) is 49.6 Å². The standard InChI is InChI=1S/C18H25N3/c1-14(2)16-6-4-15(5-7-16)12-21(17-8-9-17)13-18-19-10-11-20(18)3/h4-7,10-11,14,17H,8-9,12-13H2,1-3H3. The lowest BCUT2D eigenvalue weighted by molar-refractivity contribution is 0.237. The van der Waals surface area contributed by atoms with E-state index < -0.39 is 0 Å². The van der Waals surface area contributed by atoms with Crippen molar-refractivity contribution >= 4 is 0 Å². The summed E-state index contributed by atoms with van der Waals surface area (Å²) in [5, 5.41) is 0. The van der Waals surface area contributed by atoms with E-state index >= 15 is 0 Å². The van der Waals surface area contributed by atoms with Crippen LogP contribution in [0.25, 0.3) is 0 Å². The Bertz CT molecular complexity index is 579. The molecule has 0 spiro atoms. The largest absolute Gasteiger partial charge is 0.337 e. The summed E-state index contributed by atoms with van der Waals surface area (Å²) in [7, 11) is 2.07. The van der Waals surface area contributed by atoms with Gasteiger partial charge in [-0.1, -0.05) is 38.1 Å². The molecule has 1 aliphatic rings. The van der Waals surface area contributed by atoms with Crippen LogP contribution in [0, 0.1) is 0 Å². The molecule has 1 aliphatic carbocycles. The zero-order chi connectivity index (χ0) is 14.8. The van der Waals surface area contributed by atoms with Crippen LogP contribution in [0.2, 0.25) is 0 Å². The van der Waals surface area contributed by atoms with Gasteiger partial charge in [-0.2, -0.15) is 0 Å². The van der Waals surface area contributed by atoms with Crippen molar-refractivity contribution in [2.75, 3.05) is 0 Å². The molecule has 3 nitrogen and oxygen atoms in total. The second kappa shape index (κ2) is 6.02. The number of imidazole rings is 1. The minimum Gasteiger partial charge on any atom is -0.337 e. The molecule has 112 valence electrons. The molecule has 0 aliphatic heterocycles. The van der Waals surface area contributed by atoms with E-state index in [-0.39, 0.29) is 0 Å². The number of aryl methyl sites for hydroxylation is 1. The lowest BCUT2D eigenvalue weighted by Gasteiger charge is -2.22. The Kier molecular flexibility index (Phi) is 4.11. The third-order valence-corrected chi connectivity index (χ3v) is 4.36. The number of hydrogen-bond acceptors (Lipinski definition) is 2. The van der Waals surface area contributed by atoms with Crippen molar-refractivity contribution in [2.45, 2.75) is 51.7 Å². The number of benzene rings is 1. The molecule has 0 atom stereocenters. The van der Waals surface area contributed by atoms with Gasteiger partial charge in [0.1, 0.15) is 5.82 Å². The monoisotopic (exact) mass is 283 g/mol. The van der Waals surface area contributed by atoms with Crippen molar-refractivity contribution in [2.24, 2.45) is 7.05 Å². The second-order valence-corrected chi connectivity index (χ2v) is 6.49. The Morgan fingerprint density at radius 3 is 2.43 bits per heavy atom. The molecule has 21 heavy (non-hydrogen) atoms. The van der Waals surface area contributed by atoms with Gasteiger partial charge in [0.05, 0.1) is 6.54 Å². The molecule has 0 unspecified atom stereocenters. The van der Waals surface area contributed by atoms with E-state index in [0.29, 0.717) is 5.92 Å². The molecule has 3 heteroatoms. The Morgan fingerprint density at radius 2 is 1.90 bits per heavy atom. The maximum atomic E-state index is 4.47. The normalized spacial score (nSPS) is 15.1. The molecule has 0 saturated heterocycles. The Morgan fingerprint density at radius 1 is 1.19 bits per heavy atom. The van der Waals surface area contributed by atoms with Crippen LogP contribution in [0.4, 0.5) is 0 Å². The van der Waals surface area contributed by atoms with Gasteiger partial charge in [-0.15, -0.1) is 0 Å². The fourth-order valence-electron chi connectivity index (χ4n) is 2.73. The molecule has 3 rings (SSSR count). The van der Waals surface area contributed by atoms with Gasteiger partial charge >= 0.3 is 0 Å². The van der Waals surface area contributed by atoms with E-state index in [1.807, 2.05) is 12.4 Å². The van der Waals surface area contributed by atoms with Crippen molar-refractivity contribution in [1.82, 2.24) is 14.5 Å². The Labute approximate surface area is 127 Å². The van der Waals surface area contributed by atoms with Crippen LogP contribution < -0.4 is 0 Å². The summed E-state index contributed by atoms with van der Waals surface area (Å²) in [5.41, 5.74) is 2.82. The quantitative estimate of drug-likeness (QED) is 0.806. The van der Waals surface area contributed by atoms with E-state index in [9.17, 15) is 0 Å². The zero-order valence-corrected chi connectivity index (χ0v) is 13.3. The van der Waals surface area contributed by atoms with E-state index in [2.05, 4.69) is 59.6 Å². The molecular weight excluding hydrogens is 258 g/mol. The highest BCUT2D eigenvalue weighted by atomic mass is 15.2. The minimum atomic E-state index is 0.603. The highest BCUT2D eigenvalue weighted by Crippen LogP contribution is 2.29. The van der Waals surface area contributed by atoms with Gasteiger partial charge in [-0.3, -0.25) is 4.90 Å². The fraction of sp³-hybridized carbons (Fsp3) is 0.500.